The number of carbonyl (C=O) groups excluding carboxylic acids is 2. The highest BCUT2D eigenvalue weighted by Crippen LogP contribution is 2.72. The molecule has 3 aliphatic carbocycles. The maximum absolute atomic E-state index is 13.5. The number of ether oxygens (including phenoxy) is 5. The molecule has 6 aliphatic rings. The smallest absolute Gasteiger partial charge is 0.407 e. The molecule has 0 radical (unpaired) electrons. The van der Waals surface area contributed by atoms with Gasteiger partial charge in [0, 0.05) is 46.0 Å². The first-order valence-electron chi connectivity index (χ1n) is 15.9. The molecule has 3 aliphatic heterocycles. The van der Waals surface area contributed by atoms with E-state index in [1.807, 2.05) is 39.8 Å². The fraction of sp³-hybridized carbons (Fsp3) is 0.647. The van der Waals surface area contributed by atoms with Crippen molar-refractivity contribution >= 4 is 22.8 Å². The van der Waals surface area contributed by atoms with Crippen LogP contribution < -0.4 is 5.32 Å². The van der Waals surface area contributed by atoms with Crippen molar-refractivity contribution in [2.45, 2.75) is 114 Å². The van der Waals surface area contributed by atoms with Crippen LogP contribution in [0.25, 0.3) is 10.9 Å². The minimum absolute atomic E-state index is 0.0762. The lowest BCUT2D eigenvalue weighted by Gasteiger charge is -2.67. The summed E-state index contributed by atoms with van der Waals surface area (Å²) in [6.45, 7) is 12.2. The van der Waals surface area contributed by atoms with Gasteiger partial charge in [-0.1, -0.05) is 32.0 Å². The summed E-state index contributed by atoms with van der Waals surface area (Å²) >= 11 is 0. The second-order valence-electron chi connectivity index (χ2n) is 15.1. The van der Waals surface area contributed by atoms with Gasteiger partial charge in [-0.25, -0.2) is 4.79 Å². The minimum atomic E-state index is -1.76. The molecule has 4 heterocycles. The number of amides is 1. The van der Waals surface area contributed by atoms with Gasteiger partial charge in [-0.2, -0.15) is 0 Å². The summed E-state index contributed by atoms with van der Waals surface area (Å²) < 4.78 is 30.7. The van der Waals surface area contributed by atoms with Gasteiger partial charge in [0.05, 0.1) is 6.61 Å². The predicted octanol–water partition coefficient (Wildman–Crippen LogP) is 4.18. The summed E-state index contributed by atoms with van der Waals surface area (Å²) in [6.07, 6.45) is 1.03. The molecule has 2 saturated heterocycles. The molecule has 10 heteroatoms. The van der Waals surface area contributed by atoms with Crippen molar-refractivity contribution in [3.63, 3.8) is 0 Å². The zero-order chi connectivity index (χ0) is 31.1. The summed E-state index contributed by atoms with van der Waals surface area (Å²) in [5, 5.41) is 17.4. The van der Waals surface area contributed by atoms with E-state index in [0.29, 0.717) is 31.4 Å². The minimum Gasteiger partial charge on any atom is -0.443 e. The predicted molar refractivity (Wildman–Crippen MR) is 159 cm³/mol. The molecule has 8 atom stereocenters. The van der Waals surface area contributed by atoms with Crippen molar-refractivity contribution in [3.8, 4) is 0 Å². The zero-order valence-electron chi connectivity index (χ0n) is 26.2. The molecule has 2 bridgehead atoms. The highest BCUT2D eigenvalue weighted by atomic mass is 16.8. The largest absolute Gasteiger partial charge is 0.443 e. The van der Waals surface area contributed by atoms with Gasteiger partial charge in [0.25, 0.3) is 0 Å². The monoisotopic (exact) mass is 606 g/mol. The molecule has 236 valence electrons. The number of rotatable bonds is 3. The summed E-state index contributed by atoms with van der Waals surface area (Å²) in [4.78, 5) is 30.7. The third-order valence-electron chi connectivity index (χ3n) is 12.0. The van der Waals surface area contributed by atoms with E-state index in [0.717, 1.165) is 17.6 Å². The van der Waals surface area contributed by atoms with Crippen LogP contribution in [0.2, 0.25) is 0 Å². The first-order valence-corrected chi connectivity index (χ1v) is 15.9. The number of aliphatic hydroxyl groups is 1. The third-order valence-corrected chi connectivity index (χ3v) is 12.0. The molecule has 1 aromatic carbocycles. The van der Waals surface area contributed by atoms with Gasteiger partial charge in [-0.05, 0) is 70.6 Å². The Kier molecular flexibility index (Phi) is 5.69. The van der Waals surface area contributed by atoms with Gasteiger partial charge in [-0.3, -0.25) is 4.79 Å². The summed E-state index contributed by atoms with van der Waals surface area (Å²) in [5.74, 6) is -2.16. The lowest BCUT2D eigenvalue weighted by molar-refractivity contribution is -0.273. The fourth-order valence-electron chi connectivity index (χ4n) is 9.76. The molecule has 10 nitrogen and oxygen atoms in total. The van der Waals surface area contributed by atoms with Crippen molar-refractivity contribution in [1.29, 1.82) is 0 Å². The maximum Gasteiger partial charge on any atom is 0.407 e. The molecule has 8 rings (SSSR count). The quantitative estimate of drug-likeness (QED) is 0.475. The first-order chi connectivity index (χ1) is 20.6. The Labute approximate surface area is 256 Å². The Morgan fingerprint density at radius 2 is 1.89 bits per heavy atom. The van der Waals surface area contributed by atoms with E-state index in [2.05, 4.69) is 36.3 Å². The van der Waals surface area contributed by atoms with E-state index < -0.39 is 51.9 Å². The Morgan fingerprint density at radius 1 is 1.11 bits per heavy atom. The van der Waals surface area contributed by atoms with Gasteiger partial charge in [0.15, 0.2) is 23.5 Å². The maximum atomic E-state index is 13.5. The third kappa shape index (κ3) is 3.49. The summed E-state index contributed by atoms with van der Waals surface area (Å²) in [7, 11) is 0. The Hall–Kier alpha value is -2.76. The SMILES string of the molecule is CC1(C)OCC(CNC(=O)O[C@H]2C[C@H]3Cc4c([nH]c5ccccc45)[C@]3(C)[C@@]3(C)CC[C@@]45O[C@@H](C(=O)C=C4[C@]23O)C(C)(C)O5)O1. The van der Waals surface area contributed by atoms with Crippen molar-refractivity contribution in [1.82, 2.24) is 10.3 Å². The number of hydrogen-bond acceptors (Lipinski definition) is 8. The van der Waals surface area contributed by atoms with Crippen LogP contribution in [0.1, 0.15) is 72.1 Å². The van der Waals surface area contributed by atoms with Crippen LogP contribution in [0.4, 0.5) is 4.79 Å². The van der Waals surface area contributed by atoms with Gasteiger partial charge in [-0.15, -0.1) is 0 Å². The van der Waals surface area contributed by atoms with Gasteiger partial charge in [0.1, 0.15) is 23.4 Å². The van der Waals surface area contributed by atoms with Crippen LogP contribution in [0, 0.1) is 11.3 Å². The van der Waals surface area contributed by atoms with E-state index in [-0.39, 0.29) is 24.3 Å². The highest BCUT2D eigenvalue weighted by molar-refractivity contribution is 5.97. The fourth-order valence-corrected chi connectivity index (χ4v) is 9.76. The van der Waals surface area contributed by atoms with Crippen LogP contribution >= 0.6 is 0 Å². The standard InChI is InChI=1S/C34H42N2O8/c1-29(2)27-23(37)15-24-33(43-27,44-29)12-11-31(5)32(6)18(13-21-20-9-7-8-10-22(20)36-26(21)32)14-25(34(24,31)39)41-28(38)35-16-19-17-40-30(3,4)42-19/h7-10,15,18-19,25,27,36,39H,11-14,16-17H2,1-6H3,(H,35,38)/t18-,19?,25+,27+,31-,32-,33+,34+/m1/s1. The average molecular weight is 607 g/mol. The molecule has 1 amide bonds. The lowest BCUT2D eigenvalue weighted by atomic mass is 9.41. The van der Waals surface area contributed by atoms with Crippen LogP contribution in [0.15, 0.2) is 35.9 Å². The van der Waals surface area contributed by atoms with E-state index in [4.69, 9.17) is 23.7 Å². The highest BCUT2D eigenvalue weighted by Gasteiger charge is 2.78. The molecule has 4 fully saturated rings. The number of alkyl carbamates (subject to hydrolysis) is 1. The number of fused-ring (bicyclic) bond motifs is 9. The lowest BCUT2D eigenvalue weighted by Crippen LogP contribution is -2.75. The number of nitrogens with one attached hydrogen (secondary N) is 2. The van der Waals surface area contributed by atoms with E-state index >= 15 is 0 Å². The van der Waals surface area contributed by atoms with E-state index in [1.165, 1.54) is 17.0 Å². The second kappa shape index (κ2) is 8.73. The van der Waals surface area contributed by atoms with Crippen LogP contribution in [0.3, 0.4) is 0 Å². The Bertz CT molecular complexity index is 1630. The summed E-state index contributed by atoms with van der Waals surface area (Å²) in [5.41, 5.74) is -0.229. The number of benzene rings is 1. The molecular formula is C34H42N2O8. The topological polar surface area (TPSA) is 128 Å². The van der Waals surface area contributed by atoms with Gasteiger partial charge >= 0.3 is 6.09 Å². The number of carbonyl (C=O) groups is 2. The number of ketones is 1. The molecular weight excluding hydrogens is 564 g/mol. The molecule has 1 aromatic heterocycles. The van der Waals surface area contributed by atoms with Crippen molar-refractivity contribution < 1.29 is 38.4 Å². The molecule has 3 N–H and O–H groups in total. The molecule has 1 spiro atoms. The number of aromatic amines is 1. The van der Waals surface area contributed by atoms with E-state index in [1.54, 1.807) is 0 Å². The van der Waals surface area contributed by atoms with Gasteiger partial charge < -0.3 is 39.1 Å². The summed E-state index contributed by atoms with van der Waals surface area (Å²) in [6, 6.07) is 8.29. The number of aromatic nitrogens is 1. The van der Waals surface area contributed by atoms with Crippen molar-refractivity contribution in [2.24, 2.45) is 11.3 Å². The van der Waals surface area contributed by atoms with E-state index in [9.17, 15) is 14.7 Å². The molecule has 1 unspecified atom stereocenters. The normalized spacial score (nSPS) is 42.7. The zero-order valence-corrected chi connectivity index (χ0v) is 26.2. The number of H-pyrrole nitrogens is 1. The molecule has 2 aromatic rings. The first kappa shape index (κ1) is 28.7. The Morgan fingerprint density at radius 3 is 2.64 bits per heavy atom. The number of hydrogen-bond donors (Lipinski definition) is 3. The van der Waals surface area contributed by atoms with Crippen LogP contribution in [0.5, 0.6) is 0 Å². The molecule has 2 saturated carbocycles. The van der Waals surface area contributed by atoms with Crippen LogP contribution in [-0.4, -0.2) is 76.2 Å². The van der Waals surface area contributed by atoms with Crippen molar-refractivity contribution in [2.75, 3.05) is 13.2 Å². The van der Waals surface area contributed by atoms with Gasteiger partial charge in [0.2, 0.25) is 0 Å². The Balaban J connectivity index is 1.21. The second-order valence-corrected chi connectivity index (χ2v) is 15.1. The molecule has 44 heavy (non-hydrogen) atoms. The number of para-hydroxylation sites is 1. The van der Waals surface area contributed by atoms with Crippen molar-refractivity contribution in [3.05, 3.63) is 47.2 Å². The van der Waals surface area contributed by atoms with Crippen LogP contribution in [-0.2, 0) is 40.3 Å². The average Bonchev–Trinajstić information content (AvgIpc) is 3.65.